The number of benzene rings is 1. The minimum atomic E-state index is -2.38. The summed E-state index contributed by atoms with van der Waals surface area (Å²) in [6, 6.07) is 6.84. The number of amides is 1. The molecule has 0 spiro atoms. The fourth-order valence-corrected chi connectivity index (χ4v) is 4.50. The van der Waals surface area contributed by atoms with Crippen molar-refractivity contribution in [3.05, 3.63) is 46.8 Å². The number of aromatic nitrogens is 2. The summed E-state index contributed by atoms with van der Waals surface area (Å²) in [5.74, 6) is 1.40. The van der Waals surface area contributed by atoms with Crippen LogP contribution in [0.5, 0.6) is 5.75 Å². The highest BCUT2D eigenvalue weighted by molar-refractivity contribution is 5.92. The molecule has 31 heavy (non-hydrogen) atoms. The predicted octanol–water partition coefficient (Wildman–Crippen LogP) is 3.04. The van der Waals surface area contributed by atoms with Crippen LogP contribution < -0.4 is 10.1 Å². The molecule has 1 atom stereocenters. The lowest BCUT2D eigenvalue weighted by Crippen LogP contribution is -2.43. The quantitative estimate of drug-likeness (QED) is 0.734. The predicted molar refractivity (Wildman–Crippen MR) is 111 cm³/mol. The Morgan fingerprint density at radius 3 is 2.94 bits per heavy atom. The first kappa shape index (κ1) is 20.4. The van der Waals surface area contributed by atoms with Gasteiger partial charge in [-0.15, -0.1) is 0 Å². The summed E-state index contributed by atoms with van der Waals surface area (Å²) < 4.78 is 33.1. The fourth-order valence-electron chi connectivity index (χ4n) is 4.50. The molecule has 1 aromatic heterocycles. The maximum atomic E-state index is 12.8. The SMILES string of the molecule is O=C(N[C@H]1COc2ccc(CC(F)F)cc2C1)c1cc2n(n1)CCN(CCC1CC1)C2. The zero-order valence-corrected chi connectivity index (χ0v) is 17.5. The van der Waals surface area contributed by atoms with Gasteiger partial charge >= 0.3 is 0 Å². The van der Waals surface area contributed by atoms with E-state index in [4.69, 9.17) is 4.74 Å². The summed E-state index contributed by atoms with van der Waals surface area (Å²) in [5.41, 5.74) is 2.94. The van der Waals surface area contributed by atoms with Crippen molar-refractivity contribution in [3.8, 4) is 5.75 Å². The van der Waals surface area contributed by atoms with Crippen molar-refractivity contribution >= 4 is 5.91 Å². The van der Waals surface area contributed by atoms with Gasteiger partial charge in [-0.1, -0.05) is 25.0 Å². The Morgan fingerprint density at radius 1 is 1.26 bits per heavy atom. The van der Waals surface area contributed by atoms with Crippen molar-refractivity contribution in [1.29, 1.82) is 0 Å². The first-order valence-corrected chi connectivity index (χ1v) is 11.2. The number of nitrogens with zero attached hydrogens (tertiary/aromatic N) is 3. The highest BCUT2D eigenvalue weighted by Gasteiger charge is 2.27. The topological polar surface area (TPSA) is 59.4 Å². The molecule has 3 heterocycles. The van der Waals surface area contributed by atoms with Gasteiger partial charge in [-0.25, -0.2) is 8.78 Å². The van der Waals surface area contributed by atoms with Crippen molar-refractivity contribution in [3.63, 3.8) is 0 Å². The summed E-state index contributed by atoms with van der Waals surface area (Å²) in [7, 11) is 0. The number of hydrogen-bond donors (Lipinski definition) is 1. The van der Waals surface area contributed by atoms with Gasteiger partial charge in [0.15, 0.2) is 5.69 Å². The molecule has 1 aromatic carbocycles. The number of carbonyl (C=O) groups excluding carboxylic acids is 1. The summed E-state index contributed by atoms with van der Waals surface area (Å²) in [6.45, 7) is 4.08. The van der Waals surface area contributed by atoms with Gasteiger partial charge in [0.1, 0.15) is 12.4 Å². The van der Waals surface area contributed by atoms with E-state index in [1.807, 2.05) is 10.7 Å². The molecule has 1 amide bonds. The Bertz CT molecular complexity index is 957. The Balaban J connectivity index is 1.19. The average molecular weight is 430 g/mol. The van der Waals surface area contributed by atoms with Gasteiger partial charge in [-0.3, -0.25) is 14.4 Å². The molecule has 3 aliphatic rings. The number of rotatable bonds is 7. The molecule has 0 radical (unpaired) electrons. The molecule has 5 rings (SSSR count). The Kier molecular flexibility index (Phi) is 5.65. The van der Waals surface area contributed by atoms with Gasteiger partial charge < -0.3 is 10.1 Å². The van der Waals surface area contributed by atoms with E-state index in [2.05, 4.69) is 15.3 Å². The van der Waals surface area contributed by atoms with Gasteiger partial charge in [0.25, 0.3) is 5.91 Å². The van der Waals surface area contributed by atoms with Gasteiger partial charge in [-0.2, -0.15) is 5.10 Å². The van der Waals surface area contributed by atoms with E-state index in [1.54, 1.807) is 18.2 Å². The maximum absolute atomic E-state index is 12.8. The third-order valence-corrected chi connectivity index (χ3v) is 6.42. The highest BCUT2D eigenvalue weighted by Crippen LogP contribution is 2.32. The van der Waals surface area contributed by atoms with Crippen molar-refractivity contribution in [2.45, 2.75) is 57.7 Å². The van der Waals surface area contributed by atoms with Crippen LogP contribution >= 0.6 is 0 Å². The molecule has 2 aromatic rings. The lowest BCUT2D eigenvalue weighted by atomic mass is 9.99. The highest BCUT2D eigenvalue weighted by atomic mass is 19.3. The van der Waals surface area contributed by atoms with Crippen LogP contribution in [0.25, 0.3) is 0 Å². The molecule has 0 bridgehead atoms. The first-order valence-electron chi connectivity index (χ1n) is 11.2. The van der Waals surface area contributed by atoms with Crippen molar-refractivity contribution in [2.75, 3.05) is 19.7 Å². The Hall–Kier alpha value is -2.48. The summed E-state index contributed by atoms with van der Waals surface area (Å²) in [4.78, 5) is 15.2. The number of carbonyl (C=O) groups is 1. The smallest absolute Gasteiger partial charge is 0.272 e. The molecular weight excluding hydrogens is 402 g/mol. The van der Waals surface area contributed by atoms with E-state index < -0.39 is 6.43 Å². The minimum Gasteiger partial charge on any atom is -0.491 e. The van der Waals surface area contributed by atoms with Crippen LogP contribution in [0.4, 0.5) is 8.78 Å². The second-order valence-electron chi connectivity index (χ2n) is 8.98. The maximum Gasteiger partial charge on any atom is 0.272 e. The first-order chi connectivity index (χ1) is 15.0. The standard InChI is InChI=1S/C23H28F2N4O2/c24-22(25)10-16-3-4-21-17(9-16)11-18(14-31-21)26-23(30)20-12-19-13-28(6-5-15-1-2-15)7-8-29(19)27-20/h3-4,9,12,15,18,22H,1-2,5-8,10-11,13-14H2,(H,26,30)/t18-/m1/s1. The van der Waals surface area contributed by atoms with E-state index in [0.29, 0.717) is 30.0 Å². The largest absolute Gasteiger partial charge is 0.491 e. The second kappa shape index (κ2) is 8.57. The summed E-state index contributed by atoms with van der Waals surface area (Å²) in [6.07, 6.45) is 1.92. The van der Waals surface area contributed by atoms with E-state index in [-0.39, 0.29) is 18.4 Å². The fraction of sp³-hybridized carbons (Fsp3) is 0.565. The molecule has 8 heteroatoms. The monoisotopic (exact) mass is 430 g/mol. The molecule has 6 nitrogen and oxygen atoms in total. The van der Waals surface area contributed by atoms with Crippen LogP contribution in [-0.4, -0.2) is 52.8 Å². The van der Waals surface area contributed by atoms with Crippen LogP contribution in [0.1, 0.15) is 46.6 Å². The number of halogens is 2. The van der Waals surface area contributed by atoms with Crippen molar-refractivity contribution in [1.82, 2.24) is 20.0 Å². The average Bonchev–Trinajstić information content (AvgIpc) is 3.48. The minimum absolute atomic E-state index is 0.212. The zero-order valence-electron chi connectivity index (χ0n) is 17.5. The molecular formula is C23H28F2N4O2. The van der Waals surface area contributed by atoms with Gasteiger partial charge in [0.2, 0.25) is 6.43 Å². The third kappa shape index (κ3) is 4.89. The Labute approximate surface area is 180 Å². The van der Waals surface area contributed by atoms with E-state index in [0.717, 1.165) is 43.4 Å². The molecule has 166 valence electrons. The summed E-state index contributed by atoms with van der Waals surface area (Å²) in [5, 5.41) is 7.51. The van der Waals surface area contributed by atoms with Crippen LogP contribution in [0.3, 0.4) is 0 Å². The molecule has 2 aliphatic heterocycles. The van der Waals surface area contributed by atoms with Crippen LogP contribution in [-0.2, 0) is 25.9 Å². The number of fused-ring (bicyclic) bond motifs is 2. The molecule has 1 fully saturated rings. The van der Waals surface area contributed by atoms with Crippen LogP contribution in [0, 0.1) is 5.92 Å². The van der Waals surface area contributed by atoms with Crippen LogP contribution in [0.2, 0.25) is 0 Å². The molecule has 1 aliphatic carbocycles. The number of nitrogens with one attached hydrogen (secondary N) is 1. The summed E-state index contributed by atoms with van der Waals surface area (Å²) >= 11 is 0. The van der Waals surface area contributed by atoms with Gasteiger partial charge in [0.05, 0.1) is 18.3 Å². The second-order valence-corrected chi connectivity index (χ2v) is 8.98. The van der Waals surface area contributed by atoms with E-state index in [1.165, 1.54) is 19.3 Å². The van der Waals surface area contributed by atoms with E-state index in [9.17, 15) is 13.6 Å². The number of ether oxygens (including phenoxy) is 1. The van der Waals surface area contributed by atoms with Crippen LogP contribution in [0.15, 0.2) is 24.3 Å². The molecule has 0 unspecified atom stereocenters. The third-order valence-electron chi connectivity index (χ3n) is 6.42. The van der Waals surface area contributed by atoms with Crippen molar-refractivity contribution in [2.24, 2.45) is 5.92 Å². The lowest BCUT2D eigenvalue weighted by Gasteiger charge is -2.27. The molecule has 1 saturated carbocycles. The lowest BCUT2D eigenvalue weighted by molar-refractivity contribution is 0.0909. The number of hydrogen-bond acceptors (Lipinski definition) is 4. The zero-order chi connectivity index (χ0) is 21.4. The molecule has 1 N–H and O–H groups in total. The van der Waals surface area contributed by atoms with E-state index >= 15 is 0 Å². The number of alkyl halides is 2. The Morgan fingerprint density at radius 2 is 2.13 bits per heavy atom. The molecule has 0 saturated heterocycles. The van der Waals surface area contributed by atoms with Crippen molar-refractivity contribution < 1.29 is 18.3 Å². The van der Waals surface area contributed by atoms with Gasteiger partial charge in [-0.05, 0) is 48.6 Å². The normalized spacial score (nSPS) is 20.8. The van der Waals surface area contributed by atoms with Gasteiger partial charge in [0, 0.05) is 19.5 Å².